The number of benzene rings is 3. The molecule has 0 saturated heterocycles. The largest absolute Gasteiger partial charge is 0.490 e. The molecule has 0 unspecified atom stereocenters. The minimum Gasteiger partial charge on any atom is -0.490 e. The maximum absolute atomic E-state index is 11.2. The summed E-state index contributed by atoms with van der Waals surface area (Å²) in [7, 11) is 0. The van der Waals surface area contributed by atoms with Gasteiger partial charge in [-0.15, -0.1) is 0 Å². The van der Waals surface area contributed by atoms with Gasteiger partial charge in [0.1, 0.15) is 12.3 Å². The summed E-state index contributed by atoms with van der Waals surface area (Å²) in [6, 6.07) is 14.2. The van der Waals surface area contributed by atoms with Crippen LogP contribution < -0.4 is 14.9 Å². The zero-order chi connectivity index (χ0) is 24.7. The zero-order valence-corrected chi connectivity index (χ0v) is 20.1. The van der Waals surface area contributed by atoms with E-state index in [1.807, 2.05) is 31.2 Å². The van der Waals surface area contributed by atoms with E-state index >= 15 is 0 Å². The van der Waals surface area contributed by atoms with Crippen LogP contribution in [0, 0.1) is 20.2 Å². The smallest absolute Gasteiger partial charge is 0.301 e. The van der Waals surface area contributed by atoms with Gasteiger partial charge in [-0.25, -0.2) is 0 Å². The molecule has 0 fully saturated rings. The lowest BCUT2D eigenvalue weighted by atomic mass is 10.2. The van der Waals surface area contributed by atoms with Crippen molar-refractivity contribution in [3.8, 4) is 11.5 Å². The van der Waals surface area contributed by atoms with Gasteiger partial charge in [0.05, 0.1) is 33.8 Å². The van der Waals surface area contributed by atoms with Crippen LogP contribution in [0.1, 0.15) is 18.1 Å². The second kappa shape index (κ2) is 11.4. The number of nitro groups is 2. The first kappa shape index (κ1) is 24.9. The number of rotatable bonds is 10. The Morgan fingerprint density at radius 2 is 1.79 bits per heavy atom. The molecule has 0 atom stereocenters. The van der Waals surface area contributed by atoms with Gasteiger partial charge in [-0.1, -0.05) is 39.7 Å². The predicted molar refractivity (Wildman–Crippen MR) is 132 cm³/mol. The summed E-state index contributed by atoms with van der Waals surface area (Å²) in [4.78, 5) is 20.7. The summed E-state index contributed by atoms with van der Waals surface area (Å²) in [5.74, 6) is 0.789. The van der Waals surface area contributed by atoms with Gasteiger partial charge in [-0.05, 0) is 48.4 Å². The quantitative estimate of drug-likeness (QED) is 0.177. The molecular weight excluding hydrogens is 532 g/mol. The number of ether oxygens (including phenoxy) is 2. The van der Waals surface area contributed by atoms with Crippen molar-refractivity contribution in [2.45, 2.75) is 13.5 Å². The number of nitrogens with one attached hydrogen (secondary N) is 1. The highest BCUT2D eigenvalue weighted by Gasteiger charge is 2.19. The van der Waals surface area contributed by atoms with E-state index in [2.05, 4.69) is 26.5 Å². The molecule has 0 spiro atoms. The summed E-state index contributed by atoms with van der Waals surface area (Å²) in [5, 5.41) is 26.4. The third-order valence-corrected chi connectivity index (χ3v) is 5.22. The third-order valence-electron chi connectivity index (χ3n) is 4.42. The Bertz CT molecular complexity index is 1240. The van der Waals surface area contributed by atoms with Crippen molar-refractivity contribution in [1.82, 2.24) is 0 Å². The summed E-state index contributed by atoms with van der Waals surface area (Å²) in [5.41, 5.74) is 3.15. The molecule has 0 radical (unpaired) electrons. The lowest BCUT2D eigenvalue weighted by Crippen LogP contribution is -2.02. The van der Waals surface area contributed by atoms with Crippen molar-refractivity contribution in [1.29, 1.82) is 0 Å². The molecule has 10 nitrogen and oxygen atoms in total. The lowest BCUT2D eigenvalue weighted by molar-refractivity contribution is -0.393. The van der Waals surface area contributed by atoms with Crippen molar-refractivity contribution in [3.05, 3.63) is 95.4 Å². The van der Waals surface area contributed by atoms with Gasteiger partial charge in [0.25, 0.3) is 5.69 Å². The molecule has 0 aliphatic carbocycles. The van der Waals surface area contributed by atoms with Gasteiger partial charge in [0.2, 0.25) is 0 Å². The standard InChI is InChI=1S/C22H18BrClN4O6/c1-2-33-21-10-15(9-18(24)22(21)34-13-14-3-5-16(23)6-4-14)12-25-26-19-8-7-17(27(29)30)11-20(19)28(31)32/h3-12,26H,2,13H2,1H3/b25-12+. The Morgan fingerprint density at radius 1 is 1.06 bits per heavy atom. The zero-order valence-electron chi connectivity index (χ0n) is 17.7. The van der Waals surface area contributed by atoms with Crippen LogP contribution in [-0.2, 0) is 6.61 Å². The summed E-state index contributed by atoms with van der Waals surface area (Å²) < 4.78 is 12.5. The molecule has 176 valence electrons. The number of anilines is 1. The number of hydrazone groups is 1. The first-order valence-corrected chi connectivity index (χ1v) is 11.0. The first-order chi connectivity index (χ1) is 16.3. The number of hydrogen-bond donors (Lipinski definition) is 1. The topological polar surface area (TPSA) is 129 Å². The Morgan fingerprint density at radius 3 is 2.44 bits per heavy atom. The van der Waals surface area contributed by atoms with Crippen LogP contribution in [0.15, 0.2) is 64.2 Å². The van der Waals surface area contributed by atoms with Crippen molar-refractivity contribution >= 4 is 50.8 Å². The predicted octanol–water partition coefficient (Wildman–Crippen LogP) is 6.34. The molecule has 1 N–H and O–H groups in total. The van der Waals surface area contributed by atoms with Crippen LogP contribution in [-0.4, -0.2) is 22.7 Å². The Labute approximate surface area is 207 Å². The van der Waals surface area contributed by atoms with Crippen molar-refractivity contribution in [2.75, 3.05) is 12.0 Å². The molecular formula is C22H18BrClN4O6. The van der Waals surface area contributed by atoms with Gasteiger partial charge in [-0.2, -0.15) is 5.10 Å². The molecule has 34 heavy (non-hydrogen) atoms. The molecule has 12 heteroatoms. The maximum Gasteiger partial charge on any atom is 0.301 e. The van der Waals surface area contributed by atoms with Crippen LogP contribution in [0.25, 0.3) is 0 Å². The van der Waals surface area contributed by atoms with E-state index in [1.54, 1.807) is 12.1 Å². The fourth-order valence-electron chi connectivity index (χ4n) is 2.86. The van der Waals surface area contributed by atoms with Gasteiger partial charge in [0, 0.05) is 10.5 Å². The number of halogens is 2. The molecule has 0 saturated carbocycles. The van der Waals surface area contributed by atoms with Crippen molar-refractivity contribution in [3.63, 3.8) is 0 Å². The SMILES string of the molecule is CCOc1cc(/C=N/Nc2ccc([N+](=O)[O-])cc2[N+](=O)[O-])cc(Cl)c1OCc1ccc(Br)cc1. The van der Waals surface area contributed by atoms with Gasteiger partial charge in [-0.3, -0.25) is 25.7 Å². The second-order valence-electron chi connectivity index (χ2n) is 6.76. The Hall–Kier alpha value is -3.70. The summed E-state index contributed by atoms with van der Waals surface area (Å²) >= 11 is 9.81. The average Bonchev–Trinajstić information content (AvgIpc) is 2.80. The molecule has 0 heterocycles. The second-order valence-corrected chi connectivity index (χ2v) is 8.09. The van der Waals surface area contributed by atoms with Crippen molar-refractivity contribution in [2.24, 2.45) is 5.10 Å². The van der Waals surface area contributed by atoms with E-state index in [9.17, 15) is 20.2 Å². The highest BCUT2D eigenvalue weighted by molar-refractivity contribution is 9.10. The molecule has 3 aromatic carbocycles. The number of nitro benzene ring substituents is 2. The first-order valence-electron chi connectivity index (χ1n) is 9.84. The average molecular weight is 550 g/mol. The Kier molecular flexibility index (Phi) is 8.39. The van der Waals surface area contributed by atoms with Crippen LogP contribution in [0.2, 0.25) is 5.02 Å². The summed E-state index contributed by atoms with van der Waals surface area (Å²) in [6.07, 6.45) is 1.39. The fraction of sp³-hybridized carbons (Fsp3) is 0.136. The normalized spacial score (nSPS) is 10.8. The van der Waals surface area contributed by atoms with E-state index in [4.69, 9.17) is 21.1 Å². The highest BCUT2D eigenvalue weighted by atomic mass is 79.9. The minimum atomic E-state index is -0.730. The molecule has 0 amide bonds. The Balaban J connectivity index is 1.79. The van der Waals surface area contributed by atoms with E-state index < -0.39 is 21.2 Å². The van der Waals surface area contributed by atoms with E-state index in [0.29, 0.717) is 28.7 Å². The lowest BCUT2D eigenvalue weighted by Gasteiger charge is -2.14. The number of nitrogens with zero attached hydrogens (tertiary/aromatic N) is 3. The molecule has 0 aromatic heterocycles. The number of non-ortho nitro benzene ring substituents is 1. The monoisotopic (exact) mass is 548 g/mol. The maximum atomic E-state index is 11.2. The number of hydrogen-bond acceptors (Lipinski definition) is 8. The third kappa shape index (κ3) is 6.42. The highest BCUT2D eigenvalue weighted by Crippen LogP contribution is 2.37. The molecule has 3 rings (SSSR count). The van der Waals surface area contributed by atoms with E-state index in [0.717, 1.165) is 22.2 Å². The van der Waals surface area contributed by atoms with Crippen molar-refractivity contribution < 1.29 is 19.3 Å². The van der Waals surface area contributed by atoms with Gasteiger partial charge >= 0.3 is 5.69 Å². The summed E-state index contributed by atoms with van der Waals surface area (Å²) in [6.45, 7) is 2.48. The molecule has 0 aliphatic rings. The minimum absolute atomic E-state index is 0.00238. The molecule has 0 bridgehead atoms. The molecule has 0 aliphatic heterocycles. The van der Waals surface area contributed by atoms with Gasteiger partial charge < -0.3 is 9.47 Å². The van der Waals surface area contributed by atoms with Crippen LogP contribution >= 0.6 is 27.5 Å². The van der Waals surface area contributed by atoms with Gasteiger partial charge in [0.15, 0.2) is 11.5 Å². The van der Waals surface area contributed by atoms with Crippen LogP contribution in [0.3, 0.4) is 0 Å². The van der Waals surface area contributed by atoms with E-state index in [1.165, 1.54) is 12.3 Å². The fourth-order valence-corrected chi connectivity index (χ4v) is 3.40. The van der Waals surface area contributed by atoms with E-state index in [-0.39, 0.29) is 12.3 Å². The van der Waals surface area contributed by atoms with Crippen LogP contribution in [0.4, 0.5) is 17.1 Å². The molecule has 3 aromatic rings. The van der Waals surface area contributed by atoms with Crippen LogP contribution in [0.5, 0.6) is 11.5 Å².